The Balaban J connectivity index is 2.54. The smallest absolute Gasteiger partial charge is 0.320 e. The molecule has 1 fully saturated rings. The molecule has 0 aliphatic carbocycles. The minimum Gasteiger partial charge on any atom is -0.459 e. The molecule has 1 aliphatic rings. The molecule has 1 heterocycles. The number of amides is 1. The molecule has 1 amide bonds. The lowest BCUT2D eigenvalue weighted by molar-refractivity contribution is -0.160. The Bertz CT molecular complexity index is 356. The molecule has 0 aromatic rings. The number of carbonyl (C=O) groups excluding carboxylic acids is 2. The van der Waals surface area contributed by atoms with E-state index in [9.17, 15) is 9.59 Å². The first kappa shape index (κ1) is 16.9. The number of carbonyl (C=O) groups is 2. The summed E-state index contributed by atoms with van der Waals surface area (Å²) in [6.07, 6.45) is 0.805. The van der Waals surface area contributed by atoms with Gasteiger partial charge in [0.05, 0.1) is 6.54 Å². The lowest BCUT2D eigenvalue weighted by atomic mass is 9.96. The topological polar surface area (TPSA) is 84.7 Å². The van der Waals surface area contributed by atoms with Crippen LogP contribution in [-0.2, 0) is 14.3 Å². The summed E-state index contributed by atoms with van der Waals surface area (Å²) in [4.78, 5) is 25.2. The zero-order valence-electron chi connectivity index (χ0n) is 12.9. The molecule has 0 aromatic carbocycles. The standard InChI is InChI=1S/C14H27N3O3/c1-10(2)7-14(3,4)20-12(18)9-17-6-5-16-8-11(17)13(15)19/h10-11,16H,5-9H2,1-4H3,(H2,15,19). The number of hydrogen-bond donors (Lipinski definition) is 2. The quantitative estimate of drug-likeness (QED) is 0.677. The first-order chi connectivity index (χ1) is 9.21. The number of rotatable bonds is 6. The molecule has 1 aliphatic heterocycles. The first-order valence-corrected chi connectivity index (χ1v) is 7.17. The summed E-state index contributed by atoms with van der Waals surface area (Å²) < 4.78 is 5.53. The Morgan fingerprint density at radius 1 is 1.45 bits per heavy atom. The fourth-order valence-electron chi connectivity index (χ4n) is 2.75. The molecule has 3 N–H and O–H groups in total. The van der Waals surface area contributed by atoms with Crippen molar-refractivity contribution in [2.24, 2.45) is 11.7 Å². The molecule has 6 heteroatoms. The molecule has 0 spiro atoms. The van der Waals surface area contributed by atoms with Crippen molar-refractivity contribution in [3.05, 3.63) is 0 Å². The van der Waals surface area contributed by atoms with E-state index in [1.807, 2.05) is 13.8 Å². The number of primary amides is 1. The number of esters is 1. The van der Waals surface area contributed by atoms with E-state index in [0.29, 0.717) is 19.0 Å². The number of ether oxygens (including phenoxy) is 1. The van der Waals surface area contributed by atoms with Crippen molar-refractivity contribution in [2.45, 2.75) is 45.8 Å². The fourth-order valence-corrected chi connectivity index (χ4v) is 2.75. The summed E-state index contributed by atoms with van der Waals surface area (Å²) in [5, 5.41) is 3.10. The average Bonchev–Trinajstić information content (AvgIpc) is 2.26. The lowest BCUT2D eigenvalue weighted by Crippen LogP contribution is -2.58. The molecule has 0 aromatic heterocycles. The van der Waals surface area contributed by atoms with Gasteiger partial charge in [0.1, 0.15) is 11.6 Å². The normalized spacial score (nSPS) is 20.9. The van der Waals surface area contributed by atoms with Crippen molar-refractivity contribution in [3.8, 4) is 0 Å². The SMILES string of the molecule is CC(C)CC(C)(C)OC(=O)CN1CCNCC1C(N)=O. The molecule has 116 valence electrons. The number of hydrogen-bond acceptors (Lipinski definition) is 5. The van der Waals surface area contributed by atoms with Gasteiger partial charge in [-0.05, 0) is 26.2 Å². The van der Waals surface area contributed by atoms with Crippen molar-refractivity contribution in [2.75, 3.05) is 26.2 Å². The first-order valence-electron chi connectivity index (χ1n) is 7.17. The summed E-state index contributed by atoms with van der Waals surface area (Å²) in [5.41, 5.74) is 4.87. The summed E-state index contributed by atoms with van der Waals surface area (Å²) in [6.45, 7) is 9.96. The van der Waals surface area contributed by atoms with Gasteiger partial charge in [-0.2, -0.15) is 0 Å². The lowest BCUT2D eigenvalue weighted by Gasteiger charge is -2.34. The van der Waals surface area contributed by atoms with Crippen LogP contribution in [0.1, 0.15) is 34.1 Å². The maximum atomic E-state index is 12.0. The third-order valence-electron chi connectivity index (χ3n) is 3.30. The number of piperazine rings is 1. The van der Waals surface area contributed by atoms with Crippen LogP contribution in [0.25, 0.3) is 0 Å². The van der Waals surface area contributed by atoms with E-state index in [1.165, 1.54) is 0 Å². The molecular weight excluding hydrogens is 258 g/mol. The van der Waals surface area contributed by atoms with Crippen molar-refractivity contribution in [1.29, 1.82) is 0 Å². The predicted octanol–water partition coefficient (Wildman–Crippen LogP) is 0.113. The highest BCUT2D eigenvalue weighted by molar-refractivity contribution is 5.81. The highest BCUT2D eigenvalue weighted by Crippen LogP contribution is 2.20. The Labute approximate surface area is 121 Å². The van der Waals surface area contributed by atoms with Crippen LogP contribution < -0.4 is 11.1 Å². The Kier molecular flexibility index (Phi) is 5.95. The third kappa shape index (κ3) is 5.46. The van der Waals surface area contributed by atoms with Crippen LogP contribution in [0.15, 0.2) is 0 Å². The van der Waals surface area contributed by atoms with Gasteiger partial charge in [0, 0.05) is 19.6 Å². The summed E-state index contributed by atoms with van der Waals surface area (Å²) in [7, 11) is 0. The second kappa shape index (κ2) is 7.04. The van der Waals surface area contributed by atoms with Crippen LogP contribution in [0, 0.1) is 5.92 Å². The van der Waals surface area contributed by atoms with Crippen LogP contribution >= 0.6 is 0 Å². The minimum absolute atomic E-state index is 0.108. The van der Waals surface area contributed by atoms with Gasteiger partial charge in [0.25, 0.3) is 0 Å². The molecule has 1 rings (SSSR count). The number of nitrogens with one attached hydrogen (secondary N) is 1. The van der Waals surface area contributed by atoms with Gasteiger partial charge in [0.2, 0.25) is 5.91 Å². The van der Waals surface area contributed by atoms with Crippen molar-refractivity contribution < 1.29 is 14.3 Å². The zero-order chi connectivity index (χ0) is 15.3. The Hall–Kier alpha value is -1.14. The minimum atomic E-state index is -0.485. The van der Waals surface area contributed by atoms with E-state index in [4.69, 9.17) is 10.5 Å². The van der Waals surface area contributed by atoms with E-state index >= 15 is 0 Å². The molecule has 20 heavy (non-hydrogen) atoms. The molecule has 0 radical (unpaired) electrons. The van der Waals surface area contributed by atoms with Gasteiger partial charge in [-0.15, -0.1) is 0 Å². The van der Waals surface area contributed by atoms with Gasteiger partial charge in [-0.25, -0.2) is 0 Å². The van der Waals surface area contributed by atoms with E-state index in [1.54, 1.807) is 4.90 Å². The molecule has 1 saturated heterocycles. The van der Waals surface area contributed by atoms with Gasteiger partial charge >= 0.3 is 5.97 Å². The molecule has 1 unspecified atom stereocenters. The summed E-state index contributed by atoms with van der Waals surface area (Å²) in [6, 6.07) is -0.440. The Morgan fingerprint density at radius 3 is 2.65 bits per heavy atom. The molecule has 0 saturated carbocycles. The summed E-state index contributed by atoms with van der Waals surface area (Å²) >= 11 is 0. The van der Waals surface area contributed by atoms with Crippen molar-refractivity contribution >= 4 is 11.9 Å². The second-order valence-corrected chi connectivity index (χ2v) is 6.42. The maximum absolute atomic E-state index is 12.0. The monoisotopic (exact) mass is 285 g/mol. The number of nitrogens with two attached hydrogens (primary N) is 1. The van der Waals surface area contributed by atoms with Gasteiger partial charge in [-0.3, -0.25) is 14.5 Å². The van der Waals surface area contributed by atoms with Gasteiger partial charge in [-0.1, -0.05) is 13.8 Å². The maximum Gasteiger partial charge on any atom is 0.320 e. The Morgan fingerprint density at radius 2 is 2.10 bits per heavy atom. The van der Waals surface area contributed by atoms with Gasteiger partial charge < -0.3 is 15.8 Å². The second-order valence-electron chi connectivity index (χ2n) is 6.42. The predicted molar refractivity (Wildman–Crippen MR) is 77.1 cm³/mol. The zero-order valence-corrected chi connectivity index (χ0v) is 12.9. The van der Waals surface area contributed by atoms with E-state index in [-0.39, 0.29) is 12.5 Å². The van der Waals surface area contributed by atoms with Gasteiger partial charge in [0.15, 0.2) is 0 Å². The number of nitrogens with zero attached hydrogens (tertiary/aromatic N) is 1. The highest BCUT2D eigenvalue weighted by Gasteiger charge is 2.31. The van der Waals surface area contributed by atoms with Crippen molar-refractivity contribution in [3.63, 3.8) is 0 Å². The van der Waals surface area contributed by atoms with Crippen LogP contribution in [0.2, 0.25) is 0 Å². The van der Waals surface area contributed by atoms with Crippen LogP contribution in [0.5, 0.6) is 0 Å². The summed E-state index contributed by atoms with van der Waals surface area (Å²) in [5.74, 6) is -0.259. The van der Waals surface area contributed by atoms with Crippen molar-refractivity contribution in [1.82, 2.24) is 10.2 Å². The van der Waals surface area contributed by atoms with Crippen LogP contribution in [0.4, 0.5) is 0 Å². The average molecular weight is 285 g/mol. The molecular formula is C14H27N3O3. The highest BCUT2D eigenvalue weighted by atomic mass is 16.6. The van der Waals surface area contributed by atoms with E-state index in [2.05, 4.69) is 19.2 Å². The van der Waals surface area contributed by atoms with Crippen LogP contribution in [-0.4, -0.2) is 54.6 Å². The molecule has 1 atom stereocenters. The molecule has 6 nitrogen and oxygen atoms in total. The third-order valence-corrected chi connectivity index (χ3v) is 3.30. The van der Waals surface area contributed by atoms with E-state index in [0.717, 1.165) is 13.0 Å². The fraction of sp³-hybridized carbons (Fsp3) is 0.857. The largest absolute Gasteiger partial charge is 0.459 e. The van der Waals surface area contributed by atoms with E-state index < -0.39 is 17.6 Å². The molecule has 0 bridgehead atoms. The van der Waals surface area contributed by atoms with Crippen LogP contribution in [0.3, 0.4) is 0 Å².